The fraction of sp³-hybridized carbons (Fsp3) is 0.357. The van der Waals surface area contributed by atoms with Crippen molar-refractivity contribution in [3.63, 3.8) is 0 Å². The van der Waals surface area contributed by atoms with Crippen molar-refractivity contribution in [2.75, 3.05) is 0 Å². The van der Waals surface area contributed by atoms with E-state index >= 15 is 0 Å². The van der Waals surface area contributed by atoms with Crippen molar-refractivity contribution in [1.29, 1.82) is 0 Å². The third kappa shape index (κ3) is 4.16. The Labute approximate surface area is 128 Å². The maximum absolute atomic E-state index is 2.44. The van der Waals surface area contributed by atoms with Gasteiger partial charge in [0.15, 0.2) is 0 Å². The van der Waals surface area contributed by atoms with E-state index in [-0.39, 0.29) is 47.6 Å². The summed E-state index contributed by atoms with van der Waals surface area (Å²) in [6.45, 7) is 6.90. The second-order valence-corrected chi connectivity index (χ2v) is 8.93. The van der Waals surface area contributed by atoms with Crippen LogP contribution in [0.2, 0.25) is 0 Å². The summed E-state index contributed by atoms with van der Waals surface area (Å²) in [4.78, 5) is 0. The van der Waals surface area contributed by atoms with Gasteiger partial charge in [0, 0.05) is 0 Å². The van der Waals surface area contributed by atoms with Crippen molar-refractivity contribution >= 4 is 28.0 Å². The van der Waals surface area contributed by atoms with Crippen molar-refractivity contribution in [3.8, 4) is 0 Å². The number of allylic oxidation sites excluding steroid dienone is 8. The SMILES string of the molecule is C[C](C)=[Zr][C]1=C(C)C(C2=CC=CC2)=CC1.Cl.Cl. The standard InChI is InChI=1S/C11H11.C3H6.2ClH.Zr/c1-9-5-4-8-11(9)10-6-2-3-7-10;1-3-2;;;/h2-3,6,8H,4,7H2,1H3;1-2H3;2*1H;. The smallest absolute Gasteiger partial charge is 0.147 e. The van der Waals surface area contributed by atoms with Crippen LogP contribution in [0.3, 0.4) is 0 Å². The summed E-state index contributed by atoms with van der Waals surface area (Å²) in [6.07, 6.45) is 11.5. The van der Waals surface area contributed by atoms with Gasteiger partial charge < -0.3 is 0 Å². The average molecular weight is 349 g/mol. The quantitative estimate of drug-likeness (QED) is 0.683. The van der Waals surface area contributed by atoms with Gasteiger partial charge in [0.25, 0.3) is 0 Å². The van der Waals surface area contributed by atoms with Crippen LogP contribution in [0.4, 0.5) is 0 Å². The van der Waals surface area contributed by atoms with Crippen molar-refractivity contribution in [2.45, 2.75) is 33.6 Å². The van der Waals surface area contributed by atoms with E-state index in [2.05, 4.69) is 45.1 Å². The minimum absolute atomic E-state index is 0. The second kappa shape index (κ2) is 7.67. The largest absolute Gasteiger partial charge is 0.147 e. The van der Waals surface area contributed by atoms with E-state index in [1.807, 2.05) is 0 Å². The molecule has 2 aliphatic carbocycles. The fourth-order valence-corrected chi connectivity index (χ4v) is 4.92. The fourth-order valence-electron chi connectivity index (χ4n) is 2.14. The number of hydrogen-bond acceptors (Lipinski definition) is 0. The predicted molar refractivity (Wildman–Crippen MR) is 78.1 cm³/mol. The Bertz CT molecular complexity index is 433. The van der Waals surface area contributed by atoms with E-state index in [9.17, 15) is 0 Å². The van der Waals surface area contributed by atoms with Crippen molar-refractivity contribution in [3.05, 3.63) is 44.3 Å². The summed E-state index contributed by atoms with van der Waals surface area (Å²) in [6, 6.07) is 0. The van der Waals surface area contributed by atoms with Crippen molar-refractivity contribution in [2.24, 2.45) is 0 Å². The summed E-state index contributed by atoms with van der Waals surface area (Å²) in [7, 11) is 0. The van der Waals surface area contributed by atoms with E-state index in [0.717, 1.165) is 6.42 Å². The molecule has 0 saturated carbocycles. The van der Waals surface area contributed by atoms with Gasteiger partial charge in [-0.15, -0.1) is 24.8 Å². The molecule has 2 rings (SSSR count). The molecule has 0 aromatic heterocycles. The molecule has 0 unspecified atom stereocenters. The Morgan fingerprint density at radius 1 is 1.18 bits per heavy atom. The maximum Gasteiger partial charge on any atom is -0.147 e. The van der Waals surface area contributed by atoms with Gasteiger partial charge in [0.2, 0.25) is 0 Å². The van der Waals surface area contributed by atoms with Gasteiger partial charge in [-0.25, -0.2) is 0 Å². The van der Waals surface area contributed by atoms with E-state index < -0.39 is 0 Å². The zero-order valence-corrected chi connectivity index (χ0v) is 14.6. The molecule has 0 radical (unpaired) electrons. The molecule has 0 aliphatic heterocycles. The van der Waals surface area contributed by atoms with Crippen LogP contribution in [-0.4, -0.2) is 3.21 Å². The molecule has 2 aliphatic rings. The zero-order chi connectivity index (χ0) is 10.8. The first-order valence-electron chi connectivity index (χ1n) is 5.52. The number of rotatable bonds is 2. The second-order valence-electron chi connectivity index (χ2n) is 4.37. The Morgan fingerprint density at radius 3 is 2.41 bits per heavy atom. The molecule has 17 heavy (non-hydrogen) atoms. The van der Waals surface area contributed by atoms with E-state index in [1.54, 1.807) is 12.1 Å². The van der Waals surface area contributed by atoms with Crippen molar-refractivity contribution in [1.82, 2.24) is 0 Å². The van der Waals surface area contributed by atoms with Crippen molar-refractivity contribution < 1.29 is 22.8 Å². The predicted octanol–water partition coefficient (Wildman–Crippen LogP) is 4.62. The van der Waals surface area contributed by atoms with E-state index in [4.69, 9.17) is 0 Å². The molecule has 0 amide bonds. The molecule has 3 heteroatoms. The molecular formula is C14H19Cl2Zr. The maximum atomic E-state index is 2.44. The topological polar surface area (TPSA) is 0 Å². The zero-order valence-electron chi connectivity index (χ0n) is 10.5. The van der Waals surface area contributed by atoms with Gasteiger partial charge in [-0.05, 0) is 0 Å². The number of hydrogen-bond donors (Lipinski definition) is 0. The summed E-state index contributed by atoms with van der Waals surface area (Å²) < 4.78 is 3.46. The average Bonchev–Trinajstić information content (AvgIpc) is 2.76. The summed E-state index contributed by atoms with van der Waals surface area (Å²) in [5, 5.41) is 0. The molecule has 0 atom stereocenters. The summed E-state index contributed by atoms with van der Waals surface area (Å²) in [5.41, 5.74) is 4.66. The van der Waals surface area contributed by atoms with Crippen LogP contribution in [0.25, 0.3) is 0 Å². The number of halogens is 2. The Morgan fingerprint density at radius 2 is 1.88 bits per heavy atom. The van der Waals surface area contributed by atoms with Crippen LogP contribution in [-0.2, 0) is 22.8 Å². The molecule has 0 bridgehead atoms. The summed E-state index contributed by atoms with van der Waals surface area (Å²) >= 11 is -0.369. The first-order valence-corrected chi connectivity index (χ1v) is 7.98. The van der Waals surface area contributed by atoms with E-state index in [1.165, 1.54) is 17.6 Å². The molecule has 0 heterocycles. The van der Waals surface area contributed by atoms with Gasteiger partial charge in [-0.1, -0.05) is 0 Å². The normalized spacial score (nSPS) is 16.9. The Balaban J connectivity index is 0.00000128. The minimum Gasteiger partial charge on any atom is -0.147 e. The summed E-state index contributed by atoms with van der Waals surface area (Å²) in [5.74, 6) is 0. The van der Waals surface area contributed by atoms with Crippen LogP contribution in [0.15, 0.2) is 44.3 Å². The van der Waals surface area contributed by atoms with Crippen LogP contribution in [0.1, 0.15) is 33.6 Å². The third-order valence-electron chi connectivity index (χ3n) is 2.89. The first kappa shape index (κ1) is 17.3. The molecule has 0 nitrogen and oxygen atoms in total. The molecule has 0 aromatic carbocycles. The molecular weight excluding hydrogens is 330 g/mol. The molecule has 0 N–H and O–H groups in total. The van der Waals surface area contributed by atoms with Crippen LogP contribution in [0.5, 0.6) is 0 Å². The van der Waals surface area contributed by atoms with Gasteiger partial charge in [0.1, 0.15) is 0 Å². The van der Waals surface area contributed by atoms with Crippen LogP contribution in [0, 0.1) is 0 Å². The molecule has 0 saturated heterocycles. The molecule has 0 fully saturated rings. The van der Waals surface area contributed by atoms with Crippen LogP contribution >= 0.6 is 24.8 Å². The Kier molecular flexibility index (Phi) is 7.80. The molecule has 93 valence electrons. The molecule has 0 aromatic rings. The minimum atomic E-state index is -0.369. The van der Waals surface area contributed by atoms with E-state index in [0.29, 0.717) is 0 Å². The molecule has 0 spiro atoms. The Hall–Kier alpha value is 0.293. The van der Waals surface area contributed by atoms with Crippen LogP contribution < -0.4 is 0 Å². The third-order valence-corrected chi connectivity index (χ3v) is 6.28. The monoisotopic (exact) mass is 347 g/mol. The van der Waals surface area contributed by atoms with Gasteiger partial charge in [-0.3, -0.25) is 0 Å². The first-order chi connectivity index (χ1) is 7.18. The van der Waals surface area contributed by atoms with Gasteiger partial charge in [0.05, 0.1) is 0 Å². The van der Waals surface area contributed by atoms with Gasteiger partial charge >= 0.3 is 104 Å². The van der Waals surface area contributed by atoms with Gasteiger partial charge in [-0.2, -0.15) is 0 Å².